The van der Waals surface area contributed by atoms with E-state index >= 15 is 0 Å². The summed E-state index contributed by atoms with van der Waals surface area (Å²) in [6.45, 7) is 5.70. The topological polar surface area (TPSA) is 83.0 Å². The number of carbonyl (C=O) groups excluding carboxylic acids is 1. The number of hydrogen-bond acceptors (Lipinski definition) is 5. The Hall–Kier alpha value is -3.67. The lowest BCUT2D eigenvalue weighted by Crippen LogP contribution is -2.13. The van der Waals surface area contributed by atoms with Gasteiger partial charge in [-0.1, -0.05) is 55.1 Å². The summed E-state index contributed by atoms with van der Waals surface area (Å²) in [5.41, 5.74) is 10.1. The largest absolute Gasteiger partial charge is 0.458 e. The molecule has 0 bridgehead atoms. The van der Waals surface area contributed by atoms with Gasteiger partial charge in [0, 0.05) is 0 Å². The molecule has 4 aromatic rings. The molecule has 0 unspecified atom stereocenters. The van der Waals surface area contributed by atoms with Crippen LogP contribution >= 0.6 is 0 Å². The van der Waals surface area contributed by atoms with E-state index in [1.165, 1.54) is 6.08 Å². The number of rotatable bonds is 5. The summed E-state index contributed by atoms with van der Waals surface area (Å²) >= 11 is 0. The van der Waals surface area contributed by atoms with Gasteiger partial charge in [-0.3, -0.25) is 0 Å². The van der Waals surface area contributed by atoms with Crippen molar-refractivity contribution in [2.24, 2.45) is 0 Å². The zero-order chi connectivity index (χ0) is 19.7. The predicted molar refractivity (Wildman–Crippen MR) is 110 cm³/mol. The number of nitrogens with two attached hydrogens (primary N) is 1. The summed E-state index contributed by atoms with van der Waals surface area (Å²) in [4.78, 5) is 22.2. The Morgan fingerprint density at radius 3 is 2.46 bits per heavy atom. The van der Waals surface area contributed by atoms with Gasteiger partial charge in [-0.2, -0.15) is 0 Å². The van der Waals surface area contributed by atoms with Crippen LogP contribution in [0.25, 0.3) is 22.2 Å². The fourth-order valence-corrected chi connectivity index (χ4v) is 3.36. The van der Waals surface area contributed by atoms with E-state index in [1.807, 2.05) is 66.1 Å². The Bertz CT molecular complexity index is 1180. The van der Waals surface area contributed by atoms with E-state index in [9.17, 15) is 4.79 Å². The average Bonchev–Trinajstić information content (AvgIpc) is 3.01. The number of ether oxygens (including phenoxy) is 1. The van der Waals surface area contributed by atoms with Crippen molar-refractivity contribution in [3.05, 3.63) is 78.4 Å². The number of para-hydroxylation sites is 2. The van der Waals surface area contributed by atoms with Gasteiger partial charge in [0.05, 0.1) is 17.1 Å². The van der Waals surface area contributed by atoms with Gasteiger partial charge in [-0.15, -0.1) is 0 Å². The standard InChI is InChI=1S/C22H20N4O2/c1-3-13-28-22(27)18-19-21(25-17-12-8-7-11-16(17)24-19)26(20(18)23)14(2)15-9-5-4-6-10-15/h3-12,14H,1,13,23H2,2H3/t14-/m0/s1. The summed E-state index contributed by atoms with van der Waals surface area (Å²) in [5.74, 6) is -0.248. The maximum Gasteiger partial charge on any atom is 0.344 e. The van der Waals surface area contributed by atoms with Gasteiger partial charge in [0.1, 0.15) is 23.5 Å². The van der Waals surface area contributed by atoms with Crippen LogP contribution in [0.4, 0.5) is 5.82 Å². The van der Waals surface area contributed by atoms with Crippen molar-refractivity contribution in [3.63, 3.8) is 0 Å². The van der Waals surface area contributed by atoms with E-state index < -0.39 is 5.97 Å². The molecule has 140 valence electrons. The molecule has 2 aromatic carbocycles. The normalized spacial score (nSPS) is 12.2. The van der Waals surface area contributed by atoms with Crippen LogP contribution in [-0.4, -0.2) is 27.1 Å². The lowest BCUT2D eigenvalue weighted by Gasteiger charge is -2.17. The molecule has 0 aliphatic heterocycles. The molecule has 0 radical (unpaired) electrons. The number of hydrogen-bond donors (Lipinski definition) is 1. The van der Waals surface area contributed by atoms with Gasteiger partial charge in [0.15, 0.2) is 5.65 Å². The summed E-state index contributed by atoms with van der Waals surface area (Å²) in [7, 11) is 0. The summed E-state index contributed by atoms with van der Waals surface area (Å²) in [6, 6.07) is 17.3. The summed E-state index contributed by atoms with van der Waals surface area (Å²) < 4.78 is 7.10. The maximum atomic E-state index is 12.7. The molecule has 6 heteroatoms. The van der Waals surface area contributed by atoms with Gasteiger partial charge in [-0.25, -0.2) is 14.8 Å². The molecule has 0 aliphatic rings. The number of nitrogens with zero attached hydrogens (tertiary/aromatic N) is 3. The first-order chi connectivity index (χ1) is 13.6. The van der Waals surface area contributed by atoms with Crippen molar-refractivity contribution in [1.29, 1.82) is 0 Å². The smallest absolute Gasteiger partial charge is 0.344 e. The van der Waals surface area contributed by atoms with E-state index in [0.29, 0.717) is 16.7 Å². The minimum atomic E-state index is -0.536. The highest BCUT2D eigenvalue weighted by Crippen LogP contribution is 2.33. The number of fused-ring (bicyclic) bond motifs is 2. The number of esters is 1. The number of benzene rings is 2. The third kappa shape index (κ3) is 2.89. The van der Waals surface area contributed by atoms with Crippen molar-refractivity contribution >= 4 is 34.0 Å². The molecule has 28 heavy (non-hydrogen) atoms. The molecule has 0 saturated carbocycles. The highest BCUT2D eigenvalue weighted by molar-refractivity contribution is 6.08. The Kier molecular flexibility index (Phi) is 4.53. The highest BCUT2D eigenvalue weighted by Gasteiger charge is 2.27. The van der Waals surface area contributed by atoms with Gasteiger partial charge in [-0.05, 0) is 24.6 Å². The second-order valence-corrected chi connectivity index (χ2v) is 6.49. The quantitative estimate of drug-likeness (QED) is 0.421. The lowest BCUT2D eigenvalue weighted by atomic mass is 10.1. The van der Waals surface area contributed by atoms with Crippen molar-refractivity contribution in [1.82, 2.24) is 14.5 Å². The zero-order valence-corrected chi connectivity index (χ0v) is 15.5. The number of aromatic nitrogens is 3. The number of carbonyl (C=O) groups is 1. The lowest BCUT2D eigenvalue weighted by molar-refractivity contribution is 0.0553. The first-order valence-electron chi connectivity index (χ1n) is 9.01. The second kappa shape index (κ2) is 7.15. The SMILES string of the molecule is C=CCOC(=O)c1c(N)n([C@@H](C)c2ccccc2)c2nc3ccccc3nc12. The van der Waals surface area contributed by atoms with E-state index in [0.717, 1.165) is 11.1 Å². The number of anilines is 1. The van der Waals surface area contributed by atoms with E-state index in [-0.39, 0.29) is 24.0 Å². The van der Waals surface area contributed by atoms with Crippen LogP contribution in [0, 0.1) is 0 Å². The van der Waals surface area contributed by atoms with Crippen LogP contribution in [0.1, 0.15) is 28.9 Å². The van der Waals surface area contributed by atoms with Crippen molar-refractivity contribution in [2.75, 3.05) is 12.3 Å². The molecule has 2 N–H and O–H groups in total. The third-order valence-corrected chi connectivity index (χ3v) is 4.74. The van der Waals surface area contributed by atoms with E-state index in [4.69, 9.17) is 15.5 Å². The minimum absolute atomic E-state index is 0.0974. The van der Waals surface area contributed by atoms with Crippen LogP contribution in [0.2, 0.25) is 0 Å². The monoisotopic (exact) mass is 372 g/mol. The molecule has 6 nitrogen and oxygen atoms in total. The molecule has 0 amide bonds. The van der Waals surface area contributed by atoms with Crippen LogP contribution in [-0.2, 0) is 4.74 Å². The maximum absolute atomic E-state index is 12.7. The average molecular weight is 372 g/mol. The fourth-order valence-electron chi connectivity index (χ4n) is 3.36. The van der Waals surface area contributed by atoms with Crippen LogP contribution in [0.15, 0.2) is 67.3 Å². The van der Waals surface area contributed by atoms with Crippen molar-refractivity contribution in [3.8, 4) is 0 Å². The molecule has 0 saturated heterocycles. The predicted octanol–water partition coefficient (Wildman–Crippen LogP) is 4.12. The van der Waals surface area contributed by atoms with Gasteiger partial charge in [0.2, 0.25) is 0 Å². The second-order valence-electron chi connectivity index (χ2n) is 6.49. The zero-order valence-electron chi connectivity index (χ0n) is 15.5. The van der Waals surface area contributed by atoms with Gasteiger partial charge in [0.25, 0.3) is 0 Å². The fraction of sp³-hybridized carbons (Fsp3) is 0.136. The first kappa shape index (κ1) is 17.7. The van der Waals surface area contributed by atoms with Crippen molar-refractivity contribution < 1.29 is 9.53 Å². The van der Waals surface area contributed by atoms with Gasteiger partial charge >= 0.3 is 5.97 Å². The molecule has 2 heterocycles. The molecule has 2 aromatic heterocycles. The minimum Gasteiger partial charge on any atom is -0.458 e. The molecular weight excluding hydrogens is 352 g/mol. The van der Waals surface area contributed by atoms with Crippen LogP contribution < -0.4 is 5.73 Å². The Labute approximate surface area is 162 Å². The number of nitrogen functional groups attached to an aromatic ring is 1. The first-order valence-corrected chi connectivity index (χ1v) is 9.01. The van der Waals surface area contributed by atoms with Crippen LogP contribution in [0.5, 0.6) is 0 Å². The van der Waals surface area contributed by atoms with E-state index in [2.05, 4.69) is 11.6 Å². The molecular formula is C22H20N4O2. The highest BCUT2D eigenvalue weighted by atomic mass is 16.5. The van der Waals surface area contributed by atoms with Crippen molar-refractivity contribution in [2.45, 2.75) is 13.0 Å². The Balaban J connectivity index is 2.00. The Morgan fingerprint density at radius 1 is 1.14 bits per heavy atom. The van der Waals surface area contributed by atoms with Gasteiger partial charge < -0.3 is 15.0 Å². The van der Waals surface area contributed by atoms with E-state index in [1.54, 1.807) is 0 Å². The summed E-state index contributed by atoms with van der Waals surface area (Å²) in [5, 5.41) is 0. The van der Waals surface area contributed by atoms with Crippen LogP contribution in [0.3, 0.4) is 0 Å². The molecule has 0 aliphatic carbocycles. The molecule has 1 atom stereocenters. The molecule has 0 fully saturated rings. The third-order valence-electron chi connectivity index (χ3n) is 4.74. The summed E-state index contributed by atoms with van der Waals surface area (Å²) in [6.07, 6.45) is 1.51. The molecule has 0 spiro atoms. The Morgan fingerprint density at radius 2 is 1.79 bits per heavy atom. The molecule has 4 rings (SSSR count).